The molecule has 0 N–H and O–H groups in total. The molecule has 1 aromatic carbocycles. The summed E-state index contributed by atoms with van der Waals surface area (Å²) in [6.45, 7) is 7.32. The maximum atomic E-state index is 11.9. The van der Waals surface area contributed by atoms with Crippen LogP contribution < -0.4 is 4.74 Å². The molecule has 0 spiro atoms. The van der Waals surface area contributed by atoms with Gasteiger partial charge in [0.15, 0.2) is 0 Å². The highest BCUT2D eigenvalue weighted by Crippen LogP contribution is 2.38. The minimum atomic E-state index is -0.0185. The Morgan fingerprint density at radius 1 is 0.744 bits per heavy atom. The first-order valence-electron chi connectivity index (χ1n) is 17.0. The smallest absolute Gasteiger partial charge is 0.306 e. The molecular weight excluding hydrogens is 480 g/mol. The zero-order valence-corrected chi connectivity index (χ0v) is 26.0. The van der Waals surface area contributed by atoms with Crippen molar-refractivity contribution in [3.8, 4) is 5.75 Å². The van der Waals surface area contributed by atoms with E-state index in [2.05, 4.69) is 38.1 Å². The summed E-state index contributed by atoms with van der Waals surface area (Å²) in [7, 11) is 0. The summed E-state index contributed by atoms with van der Waals surface area (Å²) < 4.78 is 11.6. The Kier molecular flexibility index (Phi) is 19.2. The third-order valence-electron chi connectivity index (χ3n) is 8.75. The van der Waals surface area contributed by atoms with Crippen LogP contribution in [0.5, 0.6) is 5.75 Å². The highest BCUT2D eigenvalue weighted by Gasteiger charge is 2.22. The van der Waals surface area contributed by atoms with E-state index in [1.54, 1.807) is 0 Å². The molecule has 39 heavy (non-hydrogen) atoms. The Morgan fingerprint density at radius 2 is 1.33 bits per heavy atom. The first-order valence-corrected chi connectivity index (χ1v) is 17.0. The van der Waals surface area contributed by atoms with Crippen molar-refractivity contribution in [1.82, 2.24) is 0 Å². The summed E-state index contributed by atoms with van der Waals surface area (Å²) in [6.07, 6.45) is 27.5. The van der Waals surface area contributed by atoms with Crippen LogP contribution in [0, 0.1) is 5.92 Å². The molecule has 1 saturated carbocycles. The molecule has 3 heteroatoms. The van der Waals surface area contributed by atoms with Crippen molar-refractivity contribution in [1.29, 1.82) is 0 Å². The topological polar surface area (TPSA) is 35.5 Å². The third-order valence-corrected chi connectivity index (χ3v) is 8.75. The minimum absolute atomic E-state index is 0.0185. The van der Waals surface area contributed by atoms with Crippen molar-refractivity contribution >= 4 is 5.97 Å². The Balaban J connectivity index is 1.45. The monoisotopic (exact) mass is 542 g/mol. The molecule has 0 aliphatic heterocycles. The van der Waals surface area contributed by atoms with Crippen LogP contribution in [0.1, 0.15) is 174 Å². The van der Waals surface area contributed by atoms with E-state index >= 15 is 0 Å². The van der Waals surface area contributed by atoms with Crippen LogP contribution in [0.2, 0.25) is 0 Å². The van der Waals surface area contributed by atoms with Gasteiger partial charge in [-0.1, -0.05) is 109 Å². The molecule has 0 radical (unpaired) electrons. The second-order valence-corrected chi connectivity index (χ2v) is 12.4. The average molecular weight is 543 g/mol. The lowest BCUT2D eigenvalue weighted by Crippen LogP contribution is -2.14. The molecule has 0 heterocycles. The Labute approximate surface area is 242 Å². The van der Waals surface area contributed by atoms with Crippen molar-refractivity contribution in [3.63, 3.8) is 0 Å². The minimum Gasteiger partial charge on any atom is -0.494 e. The molecule has 0 saturated heterocycles. The number of hydrogen-bond acceptors (Lipinski definition) is 3. The summed E-state index contributed by atoms with van der Waals surface area (Å²) in [4.78, 5) is 11.9. The van der Waals surface area contributed by atoms with Crippen LogP contribution in [0.15, 0.2) is 24.3 Å². The average Bonchev–Trinajstić information content (AvgIpc) is 2.95. The fourth-order valence-electron chi connectivity index (χ4n) is 6.13. The predicted molar refractivity (Wildman–Crippen MR) is 167 cm³/mol. The molecule has 0 bridgehead atoms. The quantitative estimate of drug-likeness (QED) is 0.102. The Hall–Kier alpha value is -1.51. The highest BCUT2D eigenvalue weighted by molar-refractivity contribution is 5.69. The van der Waals surface area contributed by atoms with E-state index in [0.717, 1.165) is 56.3 Å². The van der Waals surface area contributed by atoms with E-state index in [9.17, 15) is 4.79 Å². The molecule has 1 aliphatic carbocycles. The number of esters is 1. The largest absolute Gasteiger partial charge is 0.494 e. The SMILES string of the molecule is CCCCCCCC[C@H]1CC[C@H](c2ccc(OCCCCCCCC(C)OC(=O)CCCCCC)cc2)CC1. The molecule has 3 nitrogen and oxygen atoms in total. The van der Waals surface area contributed by atoms with Gasteiger partial charge in [-0.05, 0) is 87.8 Å². The summed E-state index contributed by atoms with van der Waals surface area (Å²) in [6, 6.07) is 8.99. The molecule has 1 aromatic rings. The third kappa shape index (κ3) is 16.4. The van der Waals surface area contributed by atoms with Crippen molar-refractivity contribution < 1.29 is 14.3 Å². The van der Waals surface area contributed by atoms with E-state index < -0.39 is 0 Å². The number of carbonyl (C=O) groups excluding carboxylic acids is 1. The van der Waals surface area contributed by atoms with Gasteiger partial charge in [0.1, 0.15) is 5.75 Å². The van der Waals surface area contributed by atoms with Crippen molar-refractivity contribution in [2.75, 3.05) is 6.61 Å². The Morgan fingerprint density at radius 3 is 2.03 bits per heavy atom. The second kappa shape index (κ2) is 22.2. The summed E-state index contributed by atoms with van der Waals surface area (Å²) in [5.74, 6) is 2.72. The lowest BCUT2D eigenvalue weighted by atomic mass is 9.77. The standard InChI is InChI=1S/C36H62O3/c1-4-6-8-10-13-16-20-32-22-24-33(25-23-32)34-26-28-35(29-27-34)38-30-18-14-11-12-15-19-31(3)39-36(37)21-17-9-7-5-2/h26-29,31-33H,4-25,30H2,1-3H3/t31?,32-,33-. The predicted octanol–water partition coefficient (Wildman–Crippen LogP) is 11.3. The van der Waals surface area contributed by atoms with Gasteiger partial charge in [0.05, 0.1) is 12.7 Å². The van der Waals surface area contributed by atoms with E-state index in [1.807, 2.05) is 6.92 Å². The van der Waals surface area contributed by atoms with Crippen LogP contribution in [0.3, 0.4) is 0 Å². The second-order valence-electron chi connectivity index (χ2n) is 12.4. The number of unbranched alkanes of at least 4 members (excludes halogenated alkanes) is 12. The number of hydrogen-bond donors (Lipinski definition) is 0. The van der Waals surface area contributed by atoms with Gasteiger partial charge in [-0.2, -0.15) is 0 Å². The number of benzene rings is 1. The molecular formula is C36H62O3. The van der Waals surface area contributed by atoms with E-state index in [4.69, 9.17) is 9.47 Å². The molecule has 1 atom stereocenters. The first-order chi connectivity index (χ1) is 19.1. The zero-order valence-electron chi connectivity index (χ0n) is 26.0. The van der Waals surface area contributed by atoms with Gasteiger partial charge in [0.2, 0.25) is 0 Å². The number of ether oxygens (including phenoxy) is 2. The van der Waals surface area contributed by atoms with Gasteiger partial charge in [0.25, 0.3) is 0 Å². The van der Waals surface area contributed by atoms with Gasteiger partial charge >= 0.3 is 5.97 Å². The van der Waals surface area contributed by atoms with Crippen LogP contribution in [0.4, 0.5) is 0 Å². The van der Waals surface area contributed by atoms with Crippen LogP contribution in [-0.2, 0) is 9.53 Å². The van der Waals surface area contributed by atoms with Gasteiger partial charge < -0.3 is 9.47 Å². The lowest BCUT2D eigenvalue weighted by molar-refractivity contribution is -0.148. The number of rotatable bonds is 23. The van der Waals surface area contributed by atoms with Crippen molar-refractivity contribution in [2.45, 2.75) is 174 Å². The molecule has 1 unspecified atom stereocenters. The van der Waals surface area contributed by atoms with Crippen molar-refractivity contribution in [3.05, 3.63) is 29.8 Å². The molecule has 224 valence electrons. The highest BCUT2D eigenvalue weighted by atomic mass is 16.5. The van der Waals surface area contributed by atoms with Crippen LogP contribution in [-0.4, -0.2) is 18.7 Å². The maximum absolute atomic E-state index is 11.9. The molecule has 1 aliphatic rings. The first kappa shape index (κ1) is 33.7. The van der Waals surface area contributed by atoms with Crippen LogP contribution in [0.25, 0.3) is 0 Å². The fourth-order valence-corrected chi connectivity index (χ4v) is 6.13. The Bertz CT molecular complexity index is 705. The molecule has 2 rings (SSSR count). The van der Waals surface area contributed by atoms with Gasteiger partial charge in [-0.25, -0.2) is 0 Å². The summed E-state index contributed by atoms with van der Waals surface area (Å²) in [5.41, 5.74) is 1.51. The normalized spacial score (nSPS) is 18.1. The van der Waals surface area contributed by atoms with E-state index in [0.29, 0.717) is 6.42 Å². The molecule has 0 amide bonds. The summed E-state index contributed by atoms with van der Waals surface area (Å²) >= 11 is 0. The van der Waals surface area contributed by atoms with Gasteiger partial charge in [0, 0.05) is 6.42 Å². The molecule has 0 aromatic heterocycles. The maximum Gasteiger partial charge on any atom is 0.306 e. The zero-order chi connectivity index (χ0) is 28.0. The van der Waals surface area contributed by atoms with Gasteiger partial charge in [-0.15, -0.1) is 0 Å². The van der Waals surface area contributed by atoms with Crippen LogP contribution >= 0.6 is 0 Å². The van der Waals surface area contributed by atoms with Crippen molar-refractivity contribution in [2.24, 2.45) is 5.92 Å². The van der Waals surface area contributed by atoms with E-state index in [-0.39, 0.29) is 12.1 Å². The fraction of sp³-hybridized carbons (Fsp3) is 0.806. The summed E-state index contributed by atoms with van der Waals surface area (Å²) in [5, 5.41) is 0. The number of carbonyl (C=O) groups is 1. The van der Waals surface area contributed by atoms with Gasteiger partial charge in [-0.3, -0.25) is 4.79 Å². The lowest BCUT2D eigenvalue weighted by Gasteiger charge is -2.29. The van der Waals surface area contributed by atoms with E-state index in [1.165, 1.54) is 108 Å². The molecule has 1 fully saturated rings.